The summed E-state index contributed by atoms with van der Waals surface area (Å²) in [6, 6.07) is 4.01. The first-order valence-electron chi connectivity index (χ1n) is 9.64. The van der Waals surface area contributed by atoms with Gasteiger partial charge in [-0.05, 0) is 36.0 Å². The summed E-state index contributed by atoms with van der Waals surface area (Å²) in [7, 11) is 0. The van der Waals surface area contributed by atoms with E-state index in [1.54, 1.807) is 4.90 Å². The normalized spacial score (nSPS) is 20.8. The summed E-state index contributed by atoms with van der Waals surface area (Å²) in [5, 5.41) is 8.76. The fourth-order valence-electron chi connectivity index (χ4n) is 4.02. The van der Waals surface area contributed by atoms with Crippen LogP contribution in [0.3, 0.4) is 0 Å². The molecule has 1 aliphatic heterocycles. The third-order valence-electron chi connectivity index (χ3n) is 5.63. The quantitative estimate of drug-likeness (QED) is 0.808. The van der Waals surface area contributed by atoms with Crippen LogP contribution in [0, 0.1) is 23.2 Å². The number of ketones is 1. The van der Waals surface area contributed by atoms with Crippen molar-refractivity contribution in [2.45, 2.75) is 39.0 Å². The molecule has 0 spiro atoms. The Morgan fingerprint density at radius 3 is 2.89 bits per heavy atom. The van der Waals surface area contributed by atoms with Gasteiger partial charge in [-0.15, -0.1) is 0 Å². The van der Waals surface area contributed by atoms with Crippen molar-refractivity contribution in [3.63, 3.8) is 0 Å². The van der Waals surface area contributed by atoms with Crippen molar-refractivity contribution in [3.05, 3.63) is 40.7 Å². The van der Waals surface area contributed by atoms with E-state index in [0.717, 1.165) is 41.8 Å². The number of hydrogen-bond acceptors (Lipinski definition) is 4. The lowest BCUT2D eigenvalue weighted by Crippen LogP contribution is -2.38. The zero-order valence-corrected chi connectivity index (χ0v) is 15.6. The Bertz CT molecular complexity index is 903. The number of hydrogen-bond donors (Lipinski definition) is 0. The van der Waals surface area contributed by atoms with Gasteiger partial charge in [0.15, 0.2) is 0 Å². The second kappa shape index (κ2) is 7.11. The molecule has 0 saturated heterocycles. The number of aromatic nitrogens is 1. The molecule has 5 heteroatoms. The van der Waals surface area contributed by atoms with Crippen LogP contribution in [0.1, 0.15) is 48.7 Å². The van der Waals surface area contributed by atoms with Crippen LogP contribution < -0.4 is 0 Å². The summed E-state index contributed by atoms with van der Waals surface area (Å²) in [4.78, 5) is 30.8. The SMILES string of the molecule is C[C@@H]1CN(C(=O)CC#N)CC=C1c1cc(CC(=O)C2CC2)nc2c1C=CC2. The van der Waals surface area contributed by atoms with E-state index in [-0.39, 0.29) is 24.2 Å². The second-order valence-electron chi connectivity index (χ2n) is 7.74. The van der Waals surface area contributed by atoms with E-state index in [1.165, 1.54) is 5.57 Å². The van der Waals surface area contributed by atoms with Crippen LogP contribution in [0.2, 0.25) is 0 Å². The predicted octanol–water partition coefficient (Wildman–Crippen LogP) is 2.95. The lowest BCUT2D eigenvalue weighted by atomic mass is 9.87. The molecule has 1 fully saturated rings. The van der Waals surface area contributed by atoms with E-state index in [0.29, 0.717) is 25.3 Å². The van der Waals surface area contributed by atoms with E-state index in [2.05, 4.69) is 31.2 Å². The van der Waals surface area contributed by atoms with Crippen LogP contribution in [-0.2, 0) is 22.4 Å². The Labute approximate surface area is 159 Å². The topological polar surface area (TPSA) is 74.1 Å². The number of Topliss-reactive ketones (excluding diaryl/α,β-unsaturated/α-hetero) is 1. The number of fused-ring (bicyclic) bond motifs is 1. The van der Waals surface area contributed by atoms with E-state index >= 15 is 0 Å². The maximum atomic E-state index is 12.3. The molecule has 27 heavy (non-hydrogen) atoms. The molecule has 1 atom stereocenters. The Kier molecular flexibility index (Phi) is 4.65. The fraction of sp³-hybridized carbons (Fsp3) is 0.455. The van der Waals surface area contributed by atoms with Crippen LogP contribution in [-0.4, -0.2) is 34.7 Å². The first-order valence-corrected chi connectivity index (χ1v) is 9.64. The molecule has 1 amide bonds. The highest BCUT2D eigenvalue weighted by atomic mass is 16.2. The third-order valence-corrected chi connectivity index (χ3v) is 5.63. The molecule has 3 aliphatic rings. The highest BCUT2D eigenvalue weighted by molar-refractivity contribution is 5.86. The van der Waals surface area contributed by atoms with Gasteiger partial charge in [-0.2, -0.15) is 5.26 Å². The first kappa shape index (κ1) is 17.7. The molecular formula is C22H23N3O2. The molecule has 1 aromatic heterocycles. The number of allylic oxidation sites excluding steroid dienone is 1. The maximum absolute atomic E-state index is 12.3. The molecule has 5 nitrogen and oxygen atoms in total. The standard InChI is InChI=1S/C22H23N3O2/c1-14-13-25(22(27)7-9-23)10-8-17(14)19-11-16(12-21(26)15-5-6-15)24-20-4-2-3-18(19)20/h2-3,8,11,14-15H,4-7,10,12-13H2,1H3/t14-/m1/s1. The molecule has 0 aromatic carbocycles. The van der Waals surface area contributed by atoms with Crippen LogP contribution in [0.5, 0.6) is 0 Å². The molecule has 0 unspecified atom stereocenters. The minimum absolute atomic E-state index is 0.0727. The molecular weight excluding hydrogens is 338 g/mol. The van der Waals surface area contributed by atoms with Gasteiger partial charge in [0, 0.05) is 43.1 Å². The molecule has 2 aliphatic carbocycles. The zero-order valence-electron chi connectivity index (χ0n) is 15.6. The monoisotopic (exact) mass is 361 g/mol. The van der Waals surface area contributed by atoms with Crippen molar-refractivity contribution < 1.29 is 9.59 Å². The van der Waals surface area contributed by atoms with Crippen molar-refractivity contribution in [1.29, 1.82) is 5.26 Å². The Morgan fingerprint density at radius 2 is 2.19 bits per heavy atom. The molecule has 0 radical (unpaired) electrons. The Morgan fingerprint density at radius 1 is 1.37 bits per heavy atom. The third kappa shape index (κ3) is 3.57. The number of nitrogens with zero attached hydrogens (tertiary/aromatic N) is 3. The number of carbonyl (C=O) groups is 2. The van der Waals surface area contributed by atoms with Crippen LogP contribution >= 0.6 is 0 Å². The van der Waals surface area contributed by atoms with Crippen molar-refractivity contribution in [2.24, 2.45) is 11.8 Å². The lowest BCUT2D eigenvalue weighted by Gasteiger charge is -2.31. The summed E-state index contributed by atoms with van der Waals surface area (Å²) in [5.74, 6) is 0.608. The summed E-state index contributed by atoms with van der Waals surface area (Å²) >= 11 is 0. The number of pyridine rings is 1. The zero-order chi connectivity index (χ0) is 19.0. The first-order chi connectivity index (χ1) is 13.1. The van der Waals surface area contributed by atoms with Gasteiger partial charge in [0.1, 0.15) is 12.2 Å². The van der Waals surface area contributed by atoms with E-state index in [1.807, 2.05) is 6.07 Å². The van der Waals surface area contributed by atoms with E-state index in [9.17, 15) is 9.59 Å². The number of nitriles is 1. The Balaban J connectivity index is 1.63. The summed E-state index contributed by atoms with van der Waals surface area (Å²) in [5.41, 5.74) is 5.41. The lowest BCUT2D eigenvalue weighted by molar-refractivity contribution is -0.130. The van der Waals surface area contributed by atoms with Gasteiger partial charge in [-0.25, -0.2) is 0 Å². The van der Waals surface area contributed by atoms with Gasteiger partial charge in [0.2, 0.25) is 5.91 Å². The summed E-state index contributed by atoms with van der Waals surface area (Å²) in [6.07, 6.45) is 9.52. The molecule has 1 aromatic rings. The molecule has 1 saturated carbocycles. The minimum atomic E-state index is -0.116. The molecule has 0 N–H and O–H groups in total. The molecule has 4 rings (SSSR count). The number of amides is 1. The fourth-order valence-corrected chi connectivity index (χ4v) is 4.02. The summed E-state index contributed by atoms with van der Waals surface area (Å²) < 4.78 is 0. The van der Waals surface area contributed by atoms with Gasteiger partial charge in [-0.1, -0.05) is 25.2 Å². The highest BCUT2D eigenvalue weighted by Gasteiger charge is 2.31. The number of rotatable bonds is 5. The van der Waals surface area contributed by atoms with Crippen molar-refractivity contribution >= 4 is 23.3 Å². The second-order valence-corrected chi connectivity index (χ2v) is 7.74. The van der Waals surface area contributed by atoms with Crippen LogP contribution in [0.15, 0.2) is 18.2 Å². The van der Waals surface area contributed by atoms with E-state index < -0.39 is 0 Å². The smallest absolute Gasteiger partial charge is 0.237 e. The van der Waals surface area contributed by atoms with Crippen molar-refractivity contribution in [3.8, 4) is 6.07 Å². The van der Waals surface area contributed by atoms with Gasteiger partial charge >= 0.3 is 0 Å². The van der Waals surface area contributed by atoms with Crippen LogP contribution in [0.4, 0.5) is 0 Å². The predicted molar refractivity (Wildman–Crippen MR) is 102 cm³/mol. The number of carbonyl (C=O) groups excluding carboxylic acids is 2. The van der Waals surface area contributed by atoms with Gasteiger partial charge in [0.05, 0.1) is 11.8 Å². The van der Waals surface area contributed by atoms with Crippen LogP contribution in [0.25, 0.3) is 11.6 Å². The maximum Gasteiger partial charge on any atom is 0.237 e. The van der Waals surface area contributed by atoms with Crippen molar-refractivity contribution in [2.75, 3.05) is 13.1 Å². The van der Waals surface area contributed by atoms with Gasteiger partial charge in [0.25, 0.3) is 0 Å². The highest BCUT2D eigenvalue weighted by Crippen LogP contribution is 2.35. The van der Waals surface area contributed by atoms with E-state index in [4.69, 9.17) is 10.2 Å². The van der Waals surface area contributed by atoms with Gasteiger partial charge in [-0.3, -0.25) is 14.6 Å². The van der Waals surface area contributed by atoms with Crippen molar-refractivity contribution in [1.82, 2.24) is 9.88 Å². The summed E-state index contributed by atoms with van der Waals surface area (Å²) in [6.45, 7) is 3.25. The molecule has 2 heterocycles. The largest absolute Gasteiger partial charge is 0.337 e. The average molecular weight is 361 g/mol. The van der Waals surface area contributed by atoms with Gasteiger partial charge < -0.3 is 4.90 Å². The Hall–Kier alpha value is -2.74. The molecule has 0 bridgehead atoms. The molecule has 138 valence electrons. The average Bonchev–Trinajstić information content (AvgIpc) is 3.40. The minimum Gasteiger partial charge on any atom is -0.337 e.